The van der Waals surface area contributed by atoms with E-state index in [1.165, 1.54) is 53.6 Å². The number of rotatable bonds is 3. The highest BCUT2D eigenvalue weighted by Crippen LogP contribution is 2.46. The van der Waals surface area contributed by atoms with Gasteiger partial charge in [0.1, 0.15) is 0 Å². The number of hydrogen-bond donors (Lipinski definition) is 0. The molecule has 0 aliphatic rings. The van der Waals surface area contributed by atoms with E-state index in [4.69, 9.17) is 0 Å². The van der Waals surface area contributed by atoms with E-state index in [1.54, 1.807) is 0 Å². The highest BCUT2D eigenvalue weighted by atomic mass is 32.1. The minimum Gasteiger partial charge on any atom is -0.135 e. The van der Waals surface area contributed by atoms with E-state index in [2.05, 4.69) is 121 Å². The van der Waals surface area contributed by atoms with Gasteiger partial charge in [-0.2, -0.15) is 0 Å². The van der Waals surface area contributed by atoms with Gasteiger partial charge in [0.15, 0.2) is 0 Å². The molecule has 0 radical (unpaired) electrons. The van der Waals surface area contributed by atoms with Gasteiger partial charge in [0.05, 0.1) is 0 Å². The van der Waals surface area contributed by atoms with Crippen LogP contribution in [0.25, 0.3) is 53.6 Å². The van der Waals surface area contributed by atoms with E-state index >= 15 is 0 Å². The lowest BCUT2D eigenvalue weighted by atomic mass is 9.87. The summed E-state index contributed by atoms with van der Waals surface area (Å²) in [6, 6.07) is 43.6. The number of fused-ring (bicyclic) bond motifs is 3. The fraction of sp³-hybridized carbons (Fsp3) is 0. The van der Waals surface area contributed by atoms with Gasteiger partial charge in [-0.1, -0.05) is 109 Å². The summed E-state index contributed by atoms with van der Waals surface area (Å²) in [4.78, 5) is 0. The lowest BCUT2D eigenvalue weighted by Gasteiger charge is -2.16. The van der Waals surface area contributed by atoms with Gasteiger partial charge in [0, 0.05) is 20.2 Å². The maximum atomic E-state index is 2.31. The Labute approximate surface area is 186 Å². The molecule has 0 spiro atoms. The molecule has 0 aliphatic carbocycles. The van der Waals surface area contributed by atoms with Crippen molar-refractivity contribution in [3.8, 4) is 33.4 Å². The van der Waals surface area contributed by atoms with Gasteiger partial charge >= 0.3 is 0 Å². The topological polar surface area (TPSA) is 0 Å². The SMILES string of the molecule is c1ccc(-c2ccccc2-c2ccc3sc4ccccc4c3c2-c2ccccc2)cc1. The molecule has 0 fully saturated rings. The number of benzene rings is 5. The Morgan fingerprint density at radius 3 is 1.77 bits per heavy atom. The van der Waals surface area contributed by atoms with Crippen molar-refractivity contribution in [2.24, 2.45) is 0 Å². The Hall–Kier alpha value is -3.68. The largest absolute Gasteiger partial charge is 0.135 e. The van der Waals surface area contributed by atoms with E-state index < -0.39 is 0 Å². The summed E-state index contributed by atoms with van der Waals surface area (Å²) in [5.41, 5.74) is 7.63. The molecule has 146 valence electrons. The predicted molar refractivity (Wildman–Crippen MR) is 136 cm³/mol. The van der Waals surface area contributed by atoms with Crippen molar-refractivity contribution >= 4 is 31.5 Å². The van der Waals surface area contributed by atoms with Gasteiger partial charge in [-0.15, -0.1) is 11.3 Å². The number of hydrogen-bond acceptors (Lipinski definition) is 1. The second kappa shape index (κ2) is 7.54. The average molecular weight is 413 g/mol. The zero-order valence-corrected chi connectivity index (χ0v) is 17.8. The van der Waals surface area contributed by atoms with Crippen LogP contribution >= 0.6 is 11.3 Å². The fourth-order valence-corrected chi connectivity index (χ4v) is 5.65. The number of thiophene rings is 1. The van der Waals surface area contributed by atoms with Crippen molar-refractivity contribution in [1.82, 2.24) is 0 Å². The second-order valence-corrected chi connectivity index (χ2v) is 8.82. The molecule has 1 aromatic heterocycles. The highest BCUT2D eigenvalue weighted by Gasteiger charge is 2.18. The van der Waals surface area contributed by atoms with Crippen molar-refractivity contribution in [2.75, 3.05) is 0 Å². The molecule has 0 nitrogen and oxygen atoms in total. The maximum absolute atomic E-state index is 2.31. The van der Waals surface area contributed by atoms with Crippen molar-refractivity contribution < 1.29 is 0 Å². The smallest absolute Gasteiger partial charge is 0.0362 e. The molecule has 6 aromatic rings. The Bertz CT molecular complexity index is 1510. The van der Waals surface area contributed by atoms with E-state index in [0.717, 1.165) is 0 Å². The lowest BCUT2D eigenvalue weighted by Crippen LogP contribution is -1.90. The van der Waals surface area contributed by atoms with Crippen LogP contribution in [-0.2, 0) is 0 Å². The molecule has 0 N–H and O–H groups in total. The van der Waals surface area contributed by atoms with Gasteiger partial charge < -0.3 is 0 Å². The van der Waals surface area contributed by atoms with Gasteiger partial charge in [0.25, 0.3) is 0 Å². The van der Waals surface area contributed by atoms with E-state index in [0.29, 0.717) is 0 Å². The molecular formula is C30H20S. The average Bonchev–Trinajstić information content (AvgIpc) is 3.23. The molecule has 0 atom stereocenters. The molecule has 0 saturated heterocycles. The van der Waals surface area contributed by atoms with Crippen molar-refractivity contribution in [2.45, 2.75) is 0 Å². The van der Waals surface area contributed by atoms with E-state index in [9.17, 15) is 0 Å². The first-order valence-electron chi connectivity index (χ1n) is 10.5. The molecule has 0 aliphatic heterocycles. The first kappa shape index (κ1) is 18.1. The van der Waals surface area contributed by atoms with E-state index in [-0.39, 0.29) is 0 Å². The molecule has 0 unspecified atom stereocenters. The van der Waals surface area contributed by atoms with E-state index in [1.807, 2.05) is 11.3 Å². The zero-order valence-electron chi connectivity index (χ0n) is 17.0. The third kappa shape index (κ3) is 3.06. The van der Waals surface area contributed by atoms with Gasteiger partial charge in [-0.25, -0.2) is 0 Å². The highest BCUT2D eigenvalue weighted by molar-refractivity contribution is 7.26. The second-order valence-electron chi connectivity index (χ2n) is 7.74. The monoisotopic (exact) mass is 412 g/mol. The summed E-state index contributed by atoms with van der Waals surface area (Å²) in [5, 5.41) is 2.69. The van der Waals surface area contributed by atoms with Crippen molar-refractivity contribution in [3.05, 3.63) is 121 Å². The molecule has 0 saturated carbocycles. The molecule has 31 heavy (non-hydrogen) atoms. The summed E-state index contributed by atoms with van der Waals surface area (Å²) in [7, 11) is 0. The minimum atomic E-state index is 1.24. The summed E-state index contributed by atoms with van der Waals surface area (Å²) in [6.45, 7) is 0. The van der Waals surface area contributed by atoms with Crippen LogP contribution in [0.15, 0.2) is 121 Å². The Balaban J connectivity index is 1.74. The molecule has 6 rings (SSSR count). The zero-order chi connectivity index (χ0) is 20.6. The normalized spacial score (nSPS) is 11.2. The molecular weight excluding hydrogens is 392 g/mol. The maximum Gasteiger partial charge on any atom is 0.0362 e. The fourth-order valence-electron chi connectivity index (χ4n) is 4.53. The minimum absolute atomic E-state index is 1.24. The Kier molecular flexibility index (Phi) is 4.40. The molecule has 1 heteroatoms. The van der Waals surface area contributed by atoms with Crippen LogP contribution in [0.3, 0.4) is 0 Å². The molecule has 5 aromatic carbocycles. The van der Waals surface area contributed by atoms with Crippen LogP contribution in [0.1, 0.15) is 0 Å². The standard InChI is InChI=1S/C30H20S/c1-3-11-21(12-4-1)23-15-7-8-16-24(23)25-19-20-28-30(26-17-9-10-18-27(26)31-28)29(25)22-13-5-2-6-14-22/h1-20H. The van der Waals surface area contributed by atoms with Crippen LogP contribution in [0, 0.1) is 0 Å². The first-order chi connectivity index (χ1) is 15.4. The van der Waals surface area contributed by atoms with Crippen LogP contribution in [0.5, 0.6) is 0 Å². The predicted octanol–water partition coefficient (Wildman–Crippen LogP) is 9.06. The summed E-state index contributed by atoms with van der Waals surface area (Å²) < 4.78 is 2.67. The van der Waals surface area contributed by atoms with Gasteiger partial charge in [-0.3, -0.25) is 0 Å². The van der Waals surface area contributed by atoms with Crippen LogP contribution in [-0.4, -0.2) is 0 Å². The van der Waals surface area contributed by atoms with Crippen molar-refractivity contribution in [3.63, 3.8) is 0 Å². The lowest BCUT2D eigenvalue weighted by molar-refractivity contribution is 1.59. The Morgan fingerprint density at radius 1 is 0.387 bits per heavy atom. The van der Waals surface area contributed by atoms with Gasteiger partial charge in [-0.05, 0) is 45.5 Å². The third-order valence-corrected chi connectivity index (χ3v) is 7.04. The van der Waals surface area contributed by atoms with Gasteiger partial charge in [0.2, 0.25) is 0 Å². The molecule has 1 heterocycles. The quantitative estimate of drug-likeness (QED) is 0.272. The summed E-state index contributed by atoms with van der Waals surface area (Å²) in [5.74, 6) is 0. The summed E-state index contributed by atoms with van der Waals surface area (Å²) in [6.07, 6.45) is 0. The first-order valence-corrected chi connectivity index (χ1v) is 11.4. The van der Waals surface area contributed by atoms with Crippen LogP contribution in [0.4, 0.5) is 0 Å². The third-order valence-electron chi connectivity index (χ3n) is 5.91. The summed E-state index contributed by atoms with van der Waals surface area (Å²) >= 11 is 1.87. The Morgan fingerprint density at radius 2 is 1.00 bits per heavy atom. The molecule has 0 amide bonds. The van der Waals surface area contributed by atoms with Crippen molar-refractivity contribution in [1.29, 1.82) is 0 Å². The molecule has 0 bridgehead atoms. The van der Waals surface area contributed by atoms with Crippen LogP contribution in [0.2, 0.25) is 0 Å². The van der Waals surface area contributed by atoms with Crippen LogP contribution < -0.4 is 0 Å².